The lowest BCUT2D eigenvalue weighted by Crippen LogP contribution is -1.91. The van der Waals surface area contributed by atoms with E-state index in [0.717, 1.165) is 12.0 Å². The summed E-state index contributed by atoms with van der Waals surface area (Å²) in [7, 11) is 1.61. The molecule has 0 aliphatic heterocycles. The van der Waals surface area contributed by atoms with Gasteiger partial charge in [-0.2, -0.15) is 0 Å². The van der Waals surface area contributed by atoms with Gasteiger partial charge < -0.3 is 9.47 Å². The molecule has 1 rings (SSSR count). The van der Waals surface area contributed by atoms with Crippen molar-refractivity contribution in [3.8, 4) is 23.5 Å². The van der Waals surface area contributed by atoms with E-state index in [2.05, 4.69) is 18.6 Å². The zero-order valence-electron chi connectivity index (χ0n) is 9.04. The van der Waals surface area contributed by atoms with E-state index in [4.69, 9.17) is 9.47 Å². The summed E-state index contributed by atoms with van der Waals surface area (Å²) in [6.07, 6.45) is 5.20. The van der Waals surface area contributed by atoms with E-state index in [-0.39, 0.29) is 0 Å². The van der Waals surface area contributed by atoms with Crippen LogP contribution in [0.4, 0.5) is 0 Å². The molecule has 78 valence electrons. The van der Waals surface area contributed by atoms with Crippen LogP contribution in [0, 0.1) is 12.0 Å². The molecule has 0 bridgehead atoms. The van der Waals surface area contributed by atoms with Gasteiger partial charge in [0.15, 0.2) is 11.5 Å². The molecule has 0 unspecified atom stereocenters. The number of hydrogen-bond acceptors (Lipinski definition) is 2. The molecule has 2 nitrogen and oxygen atoms in total. The average Bonchev–Trinajstić information content (AvgIpc) is 2.27. The van der Waals surface area contributed by atoms with Crippen LogP contribution in [0.3, 0.4) is 0 Å². The van der Waals surface area contributed by atoms with Crippen LogP contribution < -0.4 is 9.47 Å². The highest BCUT2D eigenvalue weighted by Gasteiger charge is 2.04. The van der Waals surface area contributed by atoms with Crippen molar-refractivity contribution in [2.45, 2.75) is 13.3 Å². The molecule has 0 fully saturated rings. The maximum Gasteiger partial charge on any atom is 0.182 e. The van der Waals surface area contributed by atoms with Gasteiger partial charge in [0.05, 0.1) is 7.11 Å². The third kappa shape index (κ3) is 3.07. The van der Waals surface area contributed by atoms with E-state index in [9.17, 15) is 0 Å². The predicted molar refractivity (Wildman–Crippen MR) is 61.0 cm³/mol. The van der Waals surface area contributed by atoms with E-state index in [0.29, 0.717) is 11.5 Å². The highest BCUT2D eigenvalue weighted by Crippen LogP contribution is 2.28. The minimum Gasteiger partial charge on any atom is -0.493 e. The monoisotopic (exact) mass is 202 g/mol. The zero-order chi connectivity index (χ0) is 11.1. The minimum absolute atomic E-state index is 0.639. The molecule has 0 N–H and O–H groups in total. The van der Waals surface area contributed by atoms with Crippen molar-refractivity contribution < 1.29 is 9.47 Å². The Balaban J connectivity index is 2.95. The van der Waals surface area contributed by atoms with Crippen LogP contribution in [0.25, 0.3) is 0 Å². The molecule has 15 heavy (non-hydrogen) atoms. The highest BCUT2D eigenvalue weighted by atomic mass is 16.5. The molecule has 0 aliphatic rings. The van der Waals surface area contributed by atoms with Crippen molar-refractivity contribution in [3.63, 3.8) is 0 Å². The van der Waals surface area contributed by atoms with Crippen LogP contribution >= 0.6 is 0 Å². The molecule has 0 saturated carbocycles. The molecule has 0 amide bonds. The van der Waals surface area contributed by atoms with Crippen molar-refractivity contribution in [2.24, 2.45) is 0 Å². The molecule has 0 heterocycles. The Labute approximate surface area is 90.5 Å². The first-order chi connectivity index (χ1) is 7.31. The smallest absolute Gasteiger partial charge is 0.182 e. The summed E-state index contributed by atoms with van der Waals surface area (Å²) in [4.78, 5) is 0. The van der Waals surface area contributed by atoms with Gasteiger partial charge in [0, 0.05) is 6.92 Å². The fourth-order valence-electron chi connectivity index (χ4n) is 1.20. The van der Waals surface area contributed by atoms with Gasteiger partial charge in [-0.3, -0.25) is 0 Å². The Kier molecular flexibility index (Phi) is 4.30. The van der Waals surface area contributed by atoms with Gasteiger partial charge in [0.25, 0.3) is 0 Å². The van der Waals surface area contributed by atoms with E-state index in [1.165, 1.54) is 0 Å². The molecule has 0 aliphatic carbocycles. The van der Waals surface area contributed by atoms with Crippen LogP contribution in [0.2, 0.25) is 0 Å². The van der Waals surface area contributed by atoms with Crippen LogP contribution in [-0.2, 0) is 6.42 Å². The van der Waals surface area contributed by atoms with Gasteiger partial charge in [-0.15, -0.1) is 6.58 Å². The lowest BCUT2D eigenvalue weighted by Gasteiger charge is -2.07. The molecule has 0 saturated heterocycles. The Morgan fingerprint density at radius 1 is 1.40 bits per heavy atom. The minimum atomic E-state index is 0.639. The molecule has 0 atom stereocenters. The van der Waals surface area contributed by atoms with E-state index in [1.807, 2.05) is 24.3 Å². The quantitative estimate of drug-likeness (QED) is 0.552. The molecule has 0 radical (unpaired) electrons. The van der Waals surface area contributed by atoms with Crippen molar-refractivity contribution in [2.75, 3.05) is 7.11 Å². The lowest BCUT2D eigenvalue weighted by atomic mass is 10.1. The zero-order valence-corrected chi connectivity index (χ0v) is 9.04. The topological polar surface area (TPSA) is 18.5 Å². The van der Waals surface area contributed by atoms with Crippen LogP contribution in [0.1, 0.15) is 12.5 Å². The largest absolute Gasteiger partial charge is 0.493 e. The van der Waals surface area contributed by atoms with Crippen molar-refractivity contribution in [1.82, 2.24) is 0 Å². The van der Waals surface area contributed by atoms with Gasteiger partial charge in [-0.1, -0.05) is 18.1 Å². The molecule has 2 heteroatoms. The summed E-state index contributed by atoms with van der Waals surface area (Å²) >= 11 is 0. The number of rotatable bonds is 4. The molecular weight excluding hydrogens is 188 g/mol. The standard InChI is InChI=1S/C13H14O2/c1-4-6-11-7-8-12(15-9-5-2)13(10-11)14-3/h4,7-8,10H,1,6H2,2-3H3. The Morgan fingerprint density at radius 2 is 2.20 bits per heavy atom. The van der Waals surface area contributed by atoms with Gasteiger partial charge in [0.1, 0.15) is 6.11 Å². The SMILES string of the molecule is C=CCc1ccc(OC#CC)c(OC)c1. The first-order valence-electron chi connectivity index (χ1n) is 4.68. The van der Waals surface area contributed by atoms with Gasteiger partial charge in [-0.25, -0.2) is 0 Å². The highest BCUT2D eigenvalue weighted by molar-refractivity contribution is 5.44. The van der Waals surface area contributed by atoms with E-state index < -0.39 is 0 Å². The van der Waals surface area contributed by atoms with Gasteiger partial charge in [-0.05, 0) is 24.1 Å². The van der Waals surface area contributed by atoms with Crippen molar-refractivity contribution >= 4 is 0 Å². The normalized spacial score (nSPS) is 8.67. The summed E-state index contributed by atoms with van der Waals surface area (Å²) in [5.41, 5.74) is 1.14. The number of methoxy groups -OCH3 is 1. The number of allylic oxidation sites excluding steroid dienone is 1. The third-order valence-electron chi connectivity index (χ3n) is 1.87. The fourth-order valence-corrected chi connectivity index (χ4v) is 1.20. The molecule has 1 aromatic carbocycles. The summed E-state index contributed by atoms with van der Waals surface area (Å²) in [6.45, 7) is 5.41. The summed E-state index contributed by atoms with van der Waals surface area (Å²) < 4.78 is 10.4. The van der Waals surface area contributed by atoms with E-state index >= 15 is 0 Å². The maximum absolute atomic E-state index is 5.20. The third-order valence-corrected chi connectivity index (χ3v) is 1.87. The number of ether oxygens (including phenoxy) is 2. The Morgan fingerprint density at radius 3 is 2.80 bits per heavy atom. The predicted octanol–water partition coefficient (Wildman–Crippen LogP) is 2.78. The number of hydrogen-bond donors (Lipinski definition) is 0. The molecule has 0 aromatic heterocycles. The first-order valence-corrected chi connectivity index (χ1v) is 4.68. The van der Waals surface area contributed by atoms with Crippen LogP contribution in [0.15, 0.2) is 30.9 Å². The van der Waals surface area contributed by atoms with Gasteiger partial charge >= 0.3 is 0 Å². The second-order valence-corrected chi connectivity index (χ2v) is 2.93. The fraction of sp³-hybridized carbons (Fsp3) is 0.231. The van der Waals surface area contributed by atoms with Crippen molar-refractivity contribution in [1.29, 1.82) is 0 Å². The molecular formula is C13H14O2. The first kappa shape index (κ1) is 11.2. The lowest BCUT2D eigenvalue weighted by molar-refractivity contribution is 0.385. The number of benzene rings is 1. The summed E-state index contributed by atoms with van der Waals surface area (Å²) in [5.74, 6) is 3.99. The van der Waals surface area contributed by atoms with Crippen LogP contribution in [-0.4, -0.2) is 7.11 Å². The average molecular weight is 202 g/mol. The van der Waals surface area contributed by atoms with Gasteiger partial charge in [0.2, 0.25) is 0 Å². The second-order valence-electron chi connectivity index (χ2n) is 2.93. The van der Waals surface area contributed by atoms with E-state index in [1.54, 1.807) is 14.0 Å². The Bertz CT molecular complexity index is 397. The molecule has 0 spiro atoms. The summed E-state index contributed by atoms with van der Waals surface area (Å²) in [5, 5.41) is 0. The Hall–Kier alpha value is -1.88. The second kappa shape index (κ2) is 5.77. The molecule has 1 aromatic rings. The van der Waals surface area contributed by atoms with Crippen molar-refractivity contribution in [3.05, 3.63) is 36.4 Å². The maximum atomic E-state index is 5.20. The van der Waals surface area contributed by atoms with Crippen LogP contribution in [0.5, 0.6) is 11.5 Å². The summed E-state index contributed by atoms with van der Waals surface area (Å²) in [6, 6.07) is 5.74.